The molecule has 1 aliphatic rings. The molecule has 0 atom stereocenters. The summed E-state index contributed by atoms with van der Waals surface area (Å²) in [6.45, 7) is 3.49. The SMILES string of the molecule is CC1(C)C(=O)NC(=O)CN1c1ccc(C=O)cn1. The Kier molecular flexibility index (Phi) is 2.86. The number of carbonyl (C=O) groups is 3. The number of imide groups is 1. The summed E-state index contributed by atoms with van der Waals surface area (Å²) in [6.07, 6.45) is 2.10. The lowest BCUT2D eigenvalue weighted by Gasteiger charge is -2.40. The van der Waals surface area contributed by atoms with E-state index in [9.17, 15) is 14.4 Å². The molecule has 1 aromatic heterocycles. The Morgan fingerprint density at radius 3 is 2.67 bits per heavy atom. The van der Waals surface area contributed by atoms with Gasteiger partial charge in [-0.1, -0.05) is 0 Å². The van der Waals surface area contributed by atoms with Crippen molar-refractivity contribution in [3.63, 3.8) is 0 Å². The molecular formula is C12H13N3O3. The summed E-state index contributed by atoms with van der Waals surface area (Å²) in [5.41, 5.74) is -0.409. The molecule has 1 aromatic rings. The Labute approximate surface area is 104 Å². The van der Waals surface area contributed by atoms with Gasteiger partial charge in [-0.15, -0.1) is 0 Å². The van der Waals surface area contributed by atoms with Crippen LogP contribution in [0.25, 0.3) is 0 Å². The molecule has 0 radical (unpaired) electrons. The Balaban J connectivity index is 2.37. The zero-order valence-corrected chi connectivity index (χ0v) is 10.1. The van der Waals surface area contributed by atoms with Gasteiger partial charge in [0, 0.05) is 11.8 Å². The van der Waals surface area contributed by atoms with Gasteiger partial charge in [0.15, 0.2) is 6.29 Å². The highest BCUT2D eigenvalue weighted by molar-refractivity contribution is 6.06. The molecule has 6 nitrogen and oxygen atoms in total. The Morgan fingerprint density at radius 2 is 2.11 bits per heavy atom. The predicted octanol–water partition coefficient (Wildman–Crippen LogP) is 0.135. The number of rotatable bonds is 2. The molecule has 1 aliphatic heterocycles. The summed E-state index contributed by atoms with van der Waals surface area (Å²) in [7, 11) is 0. The number of nitrogens with one attached hydrogen (secondary N) is 1. The van der Waals surface area contributed by atoms with E-state index in [-0.39, 0.29) is 18.4 Å². The monoisotopic (exact) mass is 247 g/mol. The fourth-order valence-electron chi connectivity index (χ4n) is 1.78. The maximum Gasteiger partial charge on any atom is 0.251 e. The highest BCUT2D eigenvalue weighted by Crippen LogP contribution is 2.24. The van der Waals surface area contributed by atoms with Crippen molar-refractivity contribution < 1.29 is 14.4 Å². The molecule has 2 rings (SSSR count). The van der Waals surface area contributed by atoms with Crippen LogP contribution in [-0.2, 0) is 9.59 Å². The molecule has 1 N–H and O–H groups in total. The second-order valence-electron chi connectivity index (χ2n) is 4.59. The molecule has 0 spiro atoms. The Hall–Kier alpha value is -2.24. The summed E-state index contributed by atoms with van der Waals surface area (Å²) in [4.78, 5) is 39.5. The quantitative estimate of drug-likeness (QED) is 0.594. The van der Waals surface area contributed by atoms with Crippen molar-refractivity contribution >= 4 is 23.9 Å². The third kappa shape index (κ3) is 1.97. The van der Waals surface area contributed by atoms with E-state index in [0.717, 1.165) is 0 Å². The van der Waals surface area contributed by atoms with Crippen LogP contribution in [0.15, 0.2) is 18.3 Å². The fraction of sp³-hybridized carbons (Fsp3) is 0.333. The van der Waals surface area contributed by atoms with E-state index >= 15 is 0 Å². The molecule has 18 heavy (non-hydrogen) atoms. The van der Waals surface area contributed by atoms with Crippen molar-refractivity contribution in [2.45, 2.75) is 19.4 Å². The molecule has 1 fully saturated rings. The minimum Gasteiger partial charge on any atom is -0.333 e. The van der Waals surface area contributed by atoms with Crippen LogP contribution >= 0.6 is 0 Å². The van der Waals surface area contributed by atoms with E-state index in [2.05, 4.69) is 10.3 Å². The second kappa shape index (κ2) is 4.21. The van der Waals surface area contributed by atoms with Crippen molar-refractivity contribution in [1.29, 1.82) is 0 Å². The summed E-state index contributed by atoms with van der Waals surface area (Å²) in [6, 6.07) is 3.22. The number of aldehydes is 1. The van der Waals surface area contributed by atoms with Crippen molar-refractivity contribution in [2.24, 2.45) is 0 Å². The smallest absolute Gasteiger partial charge is 0.251 e. The lowest BCUT2D eigenvalue weighted by molar-refractivity contribution is -0.135. The van der Waals surface area contributed by atoms with Crippen molar-refractivity contribution in [1.82, 2.24) is 10.3 Å². The highest BCUT2D eigenvalue weighted by atomic mass is 16.2. The number of hydrogen-bond acceptors (Lipinski definition) is 5. The van der Waals surface area contributed by atoms with E-state index in [0.29, 0.717) is 17.7 Å². The highest BCUT2D eigenvalue weighted by Gasteiger charge is 2.41. The first-order valence-electron chi connectivity index (χ1n) is 5.48. The Bertz CT molecular complexity index is 508. The summed E-state index contributed by atoms with van der Waals surface area (Å²) in [5.74, 6) is -0.227. The number of hydrogen-bond donors (Lipinski definition) is 1. The fourth-order valence-corrected chi connectivity index (χ4v) is 1.78. The van der Waals surface area contributed by atoms with Crippen molar-refractivity contribution in [2.75, 3.05) is 11.4 Å². The summed E-state index contributed by atoms with van der Waals surface area (Å²) < 4.78 is 0. The van der Waals surface area contributed by atoms with E-state index in [1.165, 1.54) is 6.20 Å². The number of amides is 2. The maximum atomic E-state index is 11.8. The van der Waals surface area contributed by atoms with Crippen LogP contribution in [0.2, 0.25) is 0 Å². The third-order valence-corrected chi connectivity index (χ3v) is 2.97. The molecule has 94 valence electrons. The van der Waals surface area contributed by atoms with Crippen LogP contribution in [0.5, 0.6) is 0 Å². The normalized spacial score (nSPS) is 18.4. The molecule has 2 heterocycles. The standard InChI is InChI=1S/C12H13N3O3/c1-12(2)11(18)14-10(17)6-15(12)9-4-3-8(7-16)5-13-9/h3-5,7H,6H2,1-2H3,(H,14,17,18). The van der Waals surface area contributed by atoms with Crippen molar-refractivity contribution in [3.05, 3.63) is 23.9 Å². The van der Waals surface area contributed by atoms with Crippen LogP contribution in [-0.4, -0.2) is 35.2 Å². The van der Waals surface area contributed by atoms with Crippen LogP contribution < -0.4 is 10.2 Å². The van der Waals surface area contributed by atoms with Gasteiger partial charge in [-0.2, -0.15) is 0 Å². The molecule has 0 bridgehead atoms. The van der Waals surface area contributed by atoms with Crippen LogP contribution in [0, 0.1) is 0 Å². The molecule has 0 saturated carbocycles. The summed E-state index contributed by atoms with van der Waals surface area (Å²) in [5, 5.41) is 2.29. The molecule has 1 saturated heterocycles. The largest absolute Gasteiger partial charge is 0.333 e. The van der Waals surface area contributed by atoms with Crippen LogP contribution in [0.4, 0.5) is 5.82 Å². The first kappa shape index (κ1) is 12.2. The first-order chi connectivity index (χ1) is 8.45. The van der Waals surface area contributed by atoms with Gasteiger partial charge in [-0.25, -0.2) is 4.98 Å². The van der Waals surface area contributed by atoms with Gasteiger partial charge in [0.05, 0.1) is 6.54 Å². The lowest BCUT2D eigenvalue weighted by atomic mass is 9.98. The minimum atomic E-state index is -0.858. The van der Waals surface area contributed by atoms with E-state index < -0.39 is 5.54 Å². The van der Waals surface area contributed by atoms with Crippen LogP contribution in [0.3, 0.4) is 0 Å². The number of piperazine rings is 1. The van der Waals surface area contributed by atoms with Gasteiger partial charge < -0.3 is 4.90 Å². The number of aromatic nitrogens is 1. The topological polar surface area (TPSA) is 79.4 Å². The zero-order valence-electron chi connectivity index (χ0n) is 10.1. The second-order valence-corrected chi connectivity index (χ2v) is 4.59. The van der Waals surface area contributed by atoms with Gasteiger partial charge in [-0.3, -0.25) is 19.7 Å². The average molecular weight is 247 g/mol. The van der Waals surface area contributed by atoms with Crippen LogP contribution in [0.1, 0.15) is 24.2 Å². The summed E-state index contributed by atoms with van der Waals surface area (Å²) >= 11 is 0. The molecule has 0 aromatic carbocycles. The number of carbonyl (C=O) groups excluding carboxylic acids is 3. The predicted molar refractivity (Wildman–Crippen MR) is 64.2 cm³/mol. The van der Waals surface area contributed by atoms with Gasteiger partial charge in [0.2, 0.25) is 5.91 Å². The van der Waals surface area contributed by atoms with Crippen molar-refractivity contribution in [3.8, 4) is 0 Å². The van der Waals surface area contributed by atoms with Gasteiger partial charge in [0.25, 0.3) is 5.91 Å². The molecule has 0 unspecified atom stereocenters. The average Bonchev–Trinajstić information content (AvgIpc) is 2.34. The van der Waals surface area contributed by atoms with Gasteiger partial charge >= 0.3 is 0 Å². The molecule has 6 heteroatoms. The van der Waals surface area contributed by atoms with Gasteiger partial charge in [-0.05, 0) is 26.0 Å². The lowest BCUT2D eigenvalue weighted by Crippen LogP contribution is -2.64. The number of pyridine rings is 1. The molecule has 2 amide bonds. The minimum absolute atomic E-state index is 0.0617. The first-order valence-corrected chi connectivity index (χ1v) is 5.48. The molecular weight excluding hydrogens is 234 g/mol. The maximum absolute atomic E-state index is 11.8. The molecule has 0 aliphatic carbocycles. The number of anilines is 1. The van der Waals surface area contributed by atoms with E-state index in [4.69, 9.17) is 0 Å². The zero-order chi connectivity index (χ0) is 13.3. The van der Waals surface area contributed by atoms with E-state index in [1.807, 2.05) is 0 Å². The van der Waals surface area contributed by atoms with E-state index in [1.54, 1.807) is 30.9 Å². The number of nitrogens with zero attached hydrogens (tertiary/aromatic N) is 2. The third-order valence-electron chi connectivity index (χ3n) is 2.97. The van der Waals surface area contributed by atoms with Gasteiger partial charge in [0.1, 0.15) is 11.4 Å². The Morgan fingerprint density at radius 1 is 1.39 bits per heavy atom.